The van der Waals surface area contributed by atoms with Crippen LogP contribution in [0.25, 0.3) is 11.0 Å². The number of carbonyl (C=O) groups is 2. The van der Waals surface area contributed by atoms with Crippen molar-refractivity contribution in [2.45, 2.75) is 25.6 Å². The van der Waals surface area contributed by atoms with Gasteiger partial charge < -0.3 is 19.7 Å². The Morgan fingerprint density at radius 2 is 1.85 bits per heavy atom. The molecule has 1 fully saturated rings. The van der Waals surface area contributed by atoms with Crippen LogP contribution in [-0.2, 0) is 18.4 Å². The van der Waals surface area contributed by atoms with Gasteiger partial charge in [-0.15, -0.1) is 0 Å². The number of carbonyl (C=O) groups excluding carboxylic acids is 1. The average Bonchev–Trinajstić information content (AvgIpc) is 3.70. The van der Waals surface area contributed by atoms with Crippen molar-refractivity contribution in [2.24, 2.45) is 12.5 Å². The number of nitrogens with zero attached hydrogens (tertiary/aromatic N) is 3. The van der Waals surface area contributed by atoms with Crippen molar-refractivity contribution < 1.29 is 32.6 Å². The van der Waals surface area contributed by atoms with Crippen molar-refractivity contribution in [3.05, 3.63) is 75.2 Å². The van der Waals surface area contributed by atoms with Gasteiger partial charge in [-0.2, -0.15) is 13.2 Å². The van der Waals surface area contributed by atoms with E-state index in [4.69, 9.17) is 21.3 Å². The summed E-state index contributed by atoms with van der Waals surface area (Å²) in [6, 6.07) is 15.2. The van der Waals surface area contributed by atoms with Gasteiger partial charge in [0.2, 0.25) is 11.9 Å². The fourth-order valence-corrected chi connectivity index (χ4v) is 5.12. The predicted octanol–water partition coefficient (Wildman–Crippen LogP) is 7.12. The first-order valence-corrected chi connectivity index (χ1v) is 13.5. The summed E-state index contributed by atoms with van der Waals surface area (Å²) in [5, 5.41) is 12.4. The Labute approximate surface area is 245 Å². The van der Waals surface area contributed by atoms with E-state index < -0.39 is 23.5 Å². The number of methoxy groups -OCH3 is 1. The number of amides is 1. The quantitative estimate of drug-likeness (QED) is 0.211. The first kappa shape index (κ1) is 28.7. The van der Waals surface area contributed by atoms with Gasteiger partial charge >= 0.3 is 12.1 Å². The molecule has 1 aliphatic carbocycles. The van der Waals surface area contributed by atoms with E-state index in [2.05, 4.69) is 21.2 Å². The third kappa shape index (κ3) is 5.21. The highest BCUT2D eigenvalue weighted by molar-refractivity contribution is 9.10. The molecule has 4 aromatic rings. The standard InChI is InChI=1S/C28H23BrClF3N4O4/c1-36-22-13-23(41-2)18(24(38)39)12-20(22)35-26(36)37(17-6-4-16(29)5-7-17)21-11-15(3-8-19(21)30)14-34-25(40)27(9-10-27)28(31,32)33/h3-8,11-13H,9-10,14H2,1-2H3,(H,34,40)(H,38,39). The zero-order chi connectivity index (χ0) is 29.7. The van der Waals surface area contributed by atoms with Crippen LogP contribution in [0.2, 0.25) is 5.02 Å². The second-order valence-electron chi connectivity index (χ2n) is 9.68. The molecule has 13 heteroatoms. The minimum Gasteiger partial charge on any atom is -0.496 e. The van der Waals surface area contributed by atoms with Crippen molar-refractivity contribution >= 4 is 67.8 Å². The summed E-state index contributed by atoms with van der Waals surface area (Å²) in [5.74, 6) is -1.68. The lowest BCUT2D eigenvalue weighted by molar-refractivity contribution is -0.192. The number of carboxylic acids is 1. The number of alkyl halides is 3. The number of nitrogens with one attached hydrogen (secondary N) is 1. The zero-order valence-corrected chi connectivity index (χ0v) is 24.1. The van der Waals surface area contributed by atoms with E-state index in [1.54, 1.807) is 40.8 Å². The Kier molecular flexibility index (Phi) is 7.41. The number of ether oxygens (including phenoxy) is 1. The number of aromatic carboxylic acids is 1. The van der Waals surface area contributed by atoms with Crippen molar-refractivity contribution in [3.63, 3.8) is 0 Å². The number of fused-ring (bicyclic) bond motifs is 1. The molecular weight excluding hydrogens is 629 g/mol. The van der Waals surface area contributed by atoms with E-state index in [1.807, 2.05) is 24.3 Å². The number of hydrogen-bond acceptors (Lipinski definition) is 5. The highest BCUT2D eigenvalue weighted by Gasteiger charge is 2.68. The summed E-state index contributed by atoms with van der Waals surface area (Å²) in [6.07, 6.45) is -5.07. The van der Waals surface area contributed by atoms with Gasteiger partial charge in [-0.25, -0.2) is 9.78 Å². The fraction of sp³-hybridized carbons (Fsp3) is 0.250. The Morgan fingerprint density at radius 3 is 2.44 bits per heavy atom. The second kappa shape index (κ2) is 10.6. The summed E-state index contributed by atoms with van der Waals surface area (Å²) in [6.45, 7) is -0.142. The number of aryl methyl sites for hydroxylation is 1. The van der Waals surface area contributed by atoms with Crippen molar-refractivity contribution in [3.8, 4) is 5.75 Å². The molecule has 0 atom stereocenters. The topological polar surface area (TPSA) is 96.7 Å². The number of benzene rings is 3. The van der Waals surface area contributed by atoms with Crippen LogP contribution in [0.3, 0.4) is 0 Å². The predicted molar refractivity (Wildman–Crippen MR) is 151 cm³/mol. The molecule has 0 spiro atoms. The maximum Gasteiger partial charge on any atom is 0.403 e. The summed E-state index contributed by atoms with van der Waals surface area (Å²) in [7, 11) is 3.13. The molecule has 1 aromatic heterocycles. The third-order valence-corrected chi connectivity index (χ3v) is 7.97. The minimum atomic E-state index is -4.61. The number of hydrogen-bond donors (Lipinski definition) is 2. The monoisotopic (exact) mass is 650 g/mol. The number of rotatable bonds is 8. The lowest BCUT2D eigenvalue weighted by Crippen LogP contribution is -2.40. The molecule has 214 valence electrons. The van der Waals surface area contributed by atoms with Gasteiger partial charge in [0.1, 0.15) is 16.7 Å². The van der Waals surface area contributed by atoms with E-state index in [9.17, 15) is 27.9 Å². The number of anilines is 3. The Hall–Kier alpha value is -3.77. The average molecular weight is 652 g/mol. The number of imidazole rings is 1. The highest BCUT2D eigenvalue weighted by Crippen LogP contribution is 2.57. The van der Waals surface area contributed by atoms with Crippen LogP contribution in [0.4, 0.5) is 30.5 Å². The summed E-state index contributed by atoms with van der Waals surface area (Å²) in [4.78, 5) is 30.7. The normalized spacial score (nSPS) is 14.1. The maximum absolute atomic E-state index is 13.4. The summed E-state index contributed by atoms with van der Waals surface area (Å²) >= 11 is 10.1. The van der Waals surface area contributed by atoms with Crippen LogP contribution in [0.15, 0.2) is 59.1 Å². The van der Waals surface area contributed by atoms with E-state index >= 15 is 0 Å². The largest absolute Gasteiger partial charge is 0.496 e. The first-order valence-electron chi connectivity index (χ1n) is 12.3. The molecule has 0 bridgehead atoms. The first-order chi connectivity index (χ1) is 19.4. The van der Waals surface area contributed by atoms with Gasteiger partial charge in [0, 0.05) is 29.8 Å². The van der Waals surface area contributed by atoms with Crippen LogP contribution in [0.1, 0.15) is 28.8 Å². The van der Waals surface area contributed by atoms with Gasteiger partial charge in [0.25, 0.3) is 0 Å². The van der Waals surface area contributed by atoms with Gasteiger partial charge in [-0.05, 0) is 60.9 Å². The third-order valence-electron chi connectivity index (χ3n) is 7.13. The van der Waals surface area contributed by atoms with E-state index in [0.29, 0.717) is 38.9 Å². The molecule has 0 saturated heterocycles. The van der Waals surface area contributed by atoms with E-state index in [-0.39, 0.29) is 30.7 Å². The molecule has 41 heavy (non-hydrogen) atoms. The molecule has 5 rings (SSSR count). The molecule has 3 aromatic carbocycles. The number of halogens is 5. The van der Waals surface area contributed by atoms with Crippen LogP contribution in [0.5, 0.6) is 5.75 Å². The van der Waals surface area contributed by atoms with Crippen molar-refractivity contribution in [1.82, 2.24) is 14.9 Å². The Bertz CT molecular complexity index is 1670. The van der Waals surface area contributed by atoms with E-state index in [0.717, 1.165) is 4.47 Å². The summed E-state index contributed by atoms with van der Waals surface area (Å²) in [5.41, 5.74) is 0.217. The van der Waals surface area contributed by atoms with Gasteiger partial charge in [-0.3, -0.25) is 9.69 Å². The van der Waals surface area contributed by atoms with Crippen LogP contribution >= 0.6 is 27.5 Å². The molecule has 1 saturated carbocycles. The summed E-state index contributed by atoms with van der Waals surface area (Å²) < 4.78 is 48.1. The van der Waals surface area contributed by atoms with Gasteiger partial charge in [-0.1, -0.05) is 33.6 Å². The fourth-order valence-electron chi connectivity index (χ4n) is 4.65. The molecule has 0 aliphatic heterocycles. The molecule has 8 nitrogen and oxygen atoms in total. The molecule has 0 unspecified atom stereocenters. The smallest absolute Gasteiger partial charge is 0.403 e. The molecule has 2 N–H and O–H groups in total. The van der Waals surface area contributed by atoms with Crippen LogP contribution < -0.4 is 15.0 Å². The van der Waals surface area contributed by atoms with Gasteiger partial charge in [0.15, 0.2) is 0 Å². The van der Waals surface area contributed by atoms with Crippen molar-refractivity contribution in [2.75, 3.05) is 12.0 Å². The lowest BCUT2D eigenvalue weighted by atomic mass is 10.1. The molecule has 1 heterocycles. The molecular formula is C28H23BrClF3N4O4. The molecule has 0 radical (unpaired) electrons. The van der Waals surface area contributed by atoms with Gasteiger partial charge in [0.05, 0.1) is 28.9 Å². The molecule has 1 aliphatic rings. The van der Waals surface area contributed by atoms with Crippen LogP contribution in [0, 0.1) is 5.41 Å². The zero-order valence-electron chi connectivity index (χ0n) is 21.7. The second-order valence-corrected chi connectivity index (χ2v) is 11.0. The Balaban J connectivity index is 1.59. The number of aromatic nitrogens is 2. The SMILES string of the molecule is COc1cc2c(cc1C(=O)O)nc(N(c1ccc(Br)cc1)c1cc(CNC(=O)C3(C(F)(F)F)CC3)ccc1Cl)n2C. The molecule has 1 amide bonds. The highest BCUT2D eigenvalue weighted by atomic mass is 79.9. The number of carboxylic acid groups (broad SMARTS) is 1. The van der Waals surface area contributed by atoms with E-state index in [1.165, 1.54) is 13.2 Å². The maximum atomic E-state index is 13.4. The van der Waals surface area contributed by atoms with Crippen LogP contribution in [-0.4, -0.2) is 39.8 Å². The van der Waals surface area contributed by atoms with Crippen molar-refractivity contribution in [1.29, 1.82) is 0 Å². The Morgan fingerprint density at radius 1 is 1.17 bits per heavy atom. The lowest BCUT2D eigenvalue weighted by Gasteiger charge is -2.26. The minimum absolute atomic E-state index is 0.0529.